The van der Waals surface area contributed by atoms with Crippen LogP contribution in [0.4, 0.5) is 0 Å². The maximum Gasteiger partial charge on any atom is 0.241 e. The van der Waals surface area contributed by atoms with E-state index in [0.717, 1.165) is 31.3 Å². The molecular weight excluding hydrogens is 312 g/mol. The average Bonchev–Trinajstić information content (AvgIpc) is 2.56. The third-order valence-corrected chi connectivity index (χ3v) is 5.67. The summed E-state index contributed by atoms with van der Waals surface area (Å²) in [6, 6.07) is 10.8. The van der Waals surface area contributed by atoms with Gasteiger partial charge in [0.05, 0.1) is 11.5 Å². The van der Waals surface area contributed by atoms with E-state index in [2.05, 4.69) is 10.0 Å². The molecule has 2 N–H and O–H groups in total. The van der Waals surface area contributed by atoms with Crippen LogP contribution in [0.15, 0.2) is 41.3 Å². The fraction of sp³-hybridized carbons (Fsp3) is 0.412. The minimum atomic E-state index is -3.55. The van der Waals surface area contributed by atoms with E-state index in [9.17, 15) is 8.42 Å². The largest absolute Gasteiger partial charge is 0.493 e. The molecule has 2 aromatic carbocycles. The highest BCUT2D eigenvalue weighted by Gasteiger charge is 2.24. The zero-order valence-electron chi connectivity index (χ0n) is 13.2. The number of rotatable bonds is 5. The van der Waals surface area contributed by atoms with E-state index in [-0.39, 0.29) is 6.04 Å². The Labute approximate surface area is 137 Å². The van der Waals surface area contributed by atoms with Gasteiger partial charge in [-0.15, -0.1) is 0 Å². The molecule has 0 unspecified atom stereocenters. The van der Waals surface area contributed by atoms with E-state index >= 15 is 0 Å². The van der Waals surface area contributed by atoms with Gasteiger partial charge in [0.2, 0.25) is 10.0 Å². The van der Waals surface area contributed by atoms with Crippen molar-refractivity contribution >= 4 is 20.8 Å². The van der Waals surface area contributed by atoms with Gasteiger partial charge in [0.1, 0.15) is 5.75 Å². The number of piperidine rings is 1. The molecule has 1 aliphatic heterocycles. The monoisotopic (exact) mass is 334 g/mol. The first-order valence-electron chi connectivity index (χ1n) is 7.99. The number of hydrogen-bond donors (Lipinski definition) is 2. The Bertz CT molecular complexity index is 784. The average molecular weight is 334 g/mol. The summed E-state index contributed by atoms with van der Waals surface area (Å²) in [7, 11) is -3.55. The smallest absolute Gasteiger partial charge is 0.241 e. The zero-order valence-corrected chi connectivity index (χ0v) is 14.0. The molecule has 0 spiro atoms. The van der Waals surface area contributed by atoms with Crippen LogP contribution < -0.4 is 14.8 Å². The van der Waals surface area contributed by atoms with Crippen LogP contribution in [0, 0.1) is 0 Å². The van der Waals surface area contributed by atoms with Crippen LogP contribution in [-0.2, 0) is 10.0 Å². The standard InChI is InChI=1S/C17H22N2O3S/c1-2-22-16-7-8-17(15-6-4-3-5-14(15)16)23(20,21)19-13-9-11-18-12-10-13/h3-8,13,18-19H,2,9-12H2,1H3. The molecule has 1 heterocycles. The van der Waals surface area contributed by atoms with E-state index < -0.39 is 10.0 Å². The van der Waals surface area contributed by atoms with Crippen LogP contribution >= 0.6 is 0 Å². The van der Waals surface area contributed by atoms with Crippen LogP contribution in [-0.4, -0.2) is 34.2 Å². The van der Waals surface area contributed by atoms with Gasteiger partial charge in [-0.25, -0.2) is 13.1 Å². The summed E-state index contributed by atoms with van der Waals surface area (Å²) in [5.41, 5.74) is 0. The van der Waals surface area contributed by atoms with Crippen molar-refractivity contribution < 1.29 is 13.2 Å². The highest BCUT2D eigenvalue weighted by molar-refractivity contribution is 7.89. The summed E-state index contributed by atoms with van der Waals surface area (Å²) in [4.78, 5) is 0.315. The molecule has 1 saturated heterocycles. The van der Waals surface area contributed by atoms with Crippen molar-refractivity contribution in [2.24, 2.45) is 0 Å². The van der Waals surface area contributed by atoms with Gasteiger partial charge in [-0.3, -0.25) is 0 Å². The zero-order chi connectivity index (χ0) is 16.3. The summed E-state index contributed by atoms with van der Waals surface area (Å²) < 4.78 is 34.1. The Morgan fingerprint density at radius 3 is 2.52 bits per heavy atom. The summed E-state index contributed by atoms with van der Waals surface area (Å²) in [6.07, 6.45) is 1.63. The van der Waals surface area contributed by atoms with Crippen molar-refractivity contribution in [3.63, 3.8) is 0 Å². The fourth-order valence-corrected chi connectivity index (χ4v) is 4.50. The minimum Gasteiger partial charge on any atom is -0.493 e. The molecule has 23 heavy (non-hydrogen) atoms. The highest BCUT2D eigenvalue weighted by atomic mass is 32.2. The molecule has 0 saturated carbocycles. The number of hydrogen-bond acceptors (Lipinski definition) is 4. The molecule has 0 amide bonds. The fourth-order valence-electron chi connectivity index (χ4n) is 2.98. The maximum absolute atomic E-state index is 12.8. The molecule has 0 aliphatic carbocycles. The lowest BCUT2D eigenvalue weighted by Crippen LogP contribution is -2.42. The molecular formula is C17H22N2O3S. The number of fused-ring (bicyclic) bond motifs is 1. The lowest BCUT2D eigenvalue weighted by atomic mass is 10.1. The third kappa shape index (κ3) is 3.49. The third-order valence-electron chi connectivity index (χ3n) is 4.09. The quantitative estimate of drug-likeness (QED) is 0.880. The first-order chi connectivity index (χ1) is 11.1. The van der Waals surface area contributed by atoms with Crippen LogP contribution in [0.3, 0.4) is 0 Å². The predicted molar refractivity (Wildman–Crippen MR) is 91.3 cm³/mol. The van der Waals surface area contributed by atoms with Gasteiger partial charge >= 0.3 is 0 Å². The van der Waals surface area contributed by atoms with E-state index in [1.54, 1.807) is 12.1 Å². The van der Waals surface area contributed by atoms with Crippen molar-refractivity contribution in [2.45, 2.75) is 30.7 Å². The second-order valence-corrected chi connectivity index (χ2v) is 7.37. The molecule has 0 bridgehead atoms. The Balaban J connectivity index is 2.00. The van der Waals surface area contributed by atoms with Gasteiger partial charge in [-0.2, -0.15) is 0 Å². The van der Waals surface area contributed by atoms with Crippen molar-refractivity contribution in [3.8, 4) is 5.75 Å². The van der Waals surface area contributed by atoms with Gasteiger partial charge in [0, 0.05) is 16.8 Å². The number of sulfonamides is 1. The van der Waals surface area contributed by atoms with E-state index in [4.69, 9.17) is 4.74 Å². The predicted octanol–water partition coefficient (Wildman–Crippen LogP) is 2.27. The van der Waals surface area contributed by atoms with Gasteiger partial charge in [-0.1, -0.05) is 24.3 Å². The van der Waals surface area contributed by atoms with Crippen LogP contribution in [0.25, 0.3) is 10.8 Å². The van der Waals surface area contributed by atoms with E-state index in [1.807, 2.05) is 31.2 Å². The van der Waals surface area contributed by atoms with Crippen molar-refractivity contribution in [2.75, 3.05) is 19.7 Å². The number of ether oxygens (including phenoxy) is 1. The lowest BCUT2D eigenvalue weighted by molar-refractivity contribution is 0.344. The summed E-state index contributed by atoms with van der Waals surface area (Å²) in [5.74, 6) is 0.712. The molecule has 0 radical (unpaired) electrons. The second kappa shape index (κ2) is 6.86. The van der Waals surface area contributed by atoms with Gasteiger partial charge < -0.3 is 10.1 Å². The highest BCUT2D eigenvalue weighted by Crippen LogP contribution is 2.31. The maximum atomic E-state index is 12.8. The van der Waals surface area contributed by atoms with Gasteiger partial charge in [-0.05, 0) is 45.0 Å². The molecule has 5 nitrogen and oxygen atoms in total. The molecule has 0 atom stereocenters. The minimum absolute atomic E-state index is 0.00780. The van der Waals surface area contributed by atoms with Crippen LogP contribution in [0.5, 0.6) is 5.75 Å². The van der Waals surface area contributed by atoms with Crippen LogP contribution in [0.1, 0.15) is 19.8 Å². The summed E-state index contributed by atoms with van der Waals surface area (Å²) >= 11 is 0. The summed E-state index contributed by atoms with van der Waals surface area (Å²) in [6.45, 7) is 4.15. The van der Waals surface area contributed by atoms with Crippen molar-refractivity contribution in [3.05, 3.63) is 36.4 Å². The second-order valence-electron chi connectivity index (χ2n) is 5.69. The lowest BCUT2D eigenvalue weighted by Gasteiger charge is -2.24. The molecule has 2 aromatic rings. The first-order valence-corrected chi connectivity index (χ1v) is 9.47. The Morgan fingerprint density at radius 2 is 1.83 bits per heavy atom. The Morgan fingerprint density at radius 1 is 1.13 bits per heavy atom. The molecule has 3 rings (SSSR count). The van der Waals surface area contributed by atoms with Gasteiger partial charge in [0.15, 0.2) is 0 Å². The van der Waals surface area contributed by atoms with Crippen LogP contribution in [0.2, 0.25) is 0 Å². The van der Waals surface area contributed by atoms with Gasteiger partial charge in [0.25, 0.3) is 0 Å². The number of benzene rings is 2. The van der Waals surface area contributed by atoms with Crippen molar-refractivity contribution in [1.82, 2.24) is 10.0 Å². The Hall–Kier alpha value is -1.63. The molecule has 0 aromatic heterocycles. The SMILES string of the molecule is CCOc1ccc(S(=O)(=O)NC2CCNCC2)c2ccccc12. The molecule has 124 valence electrons. The van der Waals surface area contributed by atoms with E-state index in [1.165, 1.54) is 0 Å². The molecule has 6 heteroatoms. The molecule has 1 aliphatic rings. The topological polar surface area (TPSA) is 67.4 Å². The number of nitrogens with one attached hydrogen (secondary N) is 2. The Kier molecular flexibility index (Phi) is 4.84. The van der Waals surface area contributed by atoms with Crippen molar-refractivity contribution in [1.29, 1.82) is 0 Å². The van der Waals surface area contributed by atoms with E-state index in [0.29, 0.717) is 22.6 Å². The normalized spacial score (nSPS) is 16.6. The first kappa shape index (κ1) is 16.2. The summed E-state index contributed by atoms with van der Waals surface area (Å²) in [5, 5.41) is 4.76. The molecule has 1 fully saturated rings.